The zero-order valence-electron chi connectivity index (χ0n) is 15.9. The van der Waals surface area contributed by atoms with Crippen LogP contribution in [0.4, 0.5) is 0 Å². The monoisotopic (exact) mass is 480 g/mol. The van der Waals surface area contributed by atoms with Crippen LogP contribution in [0.25, 0.3) is 0 Å². The van der Waals surface area contributed by atoms with Crippen molar-refractivity contribution < 1.29 is 4.79 Å². The summed E-state index contributed by atoms with van der Waals surface area (Å²) in [5.41, 5.74) is 0. The van der Waals surface area contributed by atoms with E-state index in [-0.39, 0.29) is 29.9 Å². The maximum Gasteiger partial charge on any atom is 0.224 e. The summed E-state index contributed by atoms with van der Waals surface area (Å²) in [4.78, 5) is 19.9. The molecule has 1 amide bonds. The number of rotatable bonds is 10. The number of carbonyl (C=O) groups is 1. The molecule has 25 heavy (non-hydrogen) atoms. The molecular formula is C18H33IN4OS. The van der Waals surface area contributed by atoms with E-state index in [1.54, 1.807) is 11.3 Å². The minimum absolute atomic E-state index is 0. The molecule has 0 radical (unpaired) electrons. The number of amides is 1. The SMILES string of the molecule is CCNC(=NCC(C)Cc1cccs1)NCCC(=O)N(CC)CC.I. The first-order valence-electron chi connectivity index (χ1n) is 8.92. The van der Waals surface area contributed by atoms with Gasteiger partial charge in [-0.1, -0.05) is 13.0 Å². The van der Waals surface area contributed by atoms with Crippen molar-refractivity contribution in [3.05, 3.63) is 22.4 Å². The van der Waals surface area contributed by atoms with E-state index in [1.807, 2.05) is 25.7 Å². The first-order valence-corrected chi connectivity index (χ1v) is 9.80. The number of aliphatic imine (C=N–C) groups is 1. The molecule has 0 bridgehead atoms. The van der Waals surface area contributed by atoms with Crippen molar-refractivity contribution in [1.29, 1.82) is 0 Å². The quantitative estimate of drug-likeness (QED) is 0.307. The standard InChI is InChI=1S/C18H32N4OS.HI/c1-5-19-18(20-11-10-17(23)22(6-2)7-3)21-14-15(4)13-16-9-8-12-24-16;/h8-9,12,15H,5-7,10-11,13-14H2,1-4H3,(H2,19,20,21);1H. The van der Waals surface area contributed by atoms with Gasteiger partial charge in [0.1, 0.15) is 0 Å². The lowest BCUT2D eigenvalue weighted by Crippen LogP contribution is -2.40. The molecule has 1 heterocycles. The summed E-state index contributed by atoms with van der Waals surface area (Å²) in [6.07, 6.45) is 1.55. The highest BCUT2D eigenvalue weighted by atomic mass is 127. The summed E-state index contributed by atoms with van der Waals surface area (Å²) in [5, 5.41) is 8.62. The van der Waals surface area contributed by atoms with Crippen LogP contribution in [0, 0.1) is 5.92 Å². The first kappa shape index (κ1) is 24.2. The highest BCUT2D eigenvalue weighted by molar-refractivity contribution is 14.0. The van der Waals surface area contributed by atoms with Crippen molar-refractivity contribution in [2.24, 2.45) is 10.9 Å². The highest BCUT2D eigenvalue weighted by Gasteiger charge is 2.09. The molecule has 7 heteroatoms. The maximum absolute atomic E-state index is 12.0. The topological polar surface area (TPSA) is 56.7 Å². The average molecular weight is 480 g/mol. The van der Waals surface area contributed by atoms with Crippen molar-refractivity contribution in [1.82, 2.24) is 15.5 Å². The molecule has 1 rings (SSSR count). The van der Waals surface area contributed by atoms with Gasteiger partial charge in [-0.3, -0.25) is 9.79 Å². The van der Waals surface area contributed by atoms with Gasteiger partial charge in [0.25, 0.3) is 0 Å². The predicted molar refractivity (Wildman–Crippen MR) is 119 cm³/mol. The van der Waals surface area contributed by atoms with Crippen LogP contribution >= 0.6 is 35.3 Å². The van der Waals surface area contributed by atoms with Gasteiger partial charge in [-0.15, -0.1) is 35.3 Å². The zero-order chi connectivity index (χ0) is 17.8. The molecule has 1 aromatic rings. The molecule has 0 spiro atoms. The number of hydrogen-bond acceptors (Lipinski definition) is 3. The van der Waals surface area contributed by atoms with Gasteiger partial charge in [0.15, 0.2) is 5.96 Å². The Labute approximate surface area is 173 Å². The Hall–Kier alpha value is -0.830. The fourth-order valence-corrected chi connectivity index (χ4v) is 3.32. The molecule has 0 fully saturated rings. The third kappa shape index (κ3) is 10.0. The molecule has 2 N–H and O–H groups in total. The Morgan fingerprint density at radius 1 is 1.28 bits per heavy atom. The van der Waals surface area contributed by atoms with Crippen LogP contribution in [0.1, 0.15) is 39.0 Å². The van der Waals surface area contributed by atoms with Crippen molar-refractivity contribution in [2.45, 2.75) is 40.5 Å². The highest BCUT2D eigenvalue weighted by Crippen LogP contribution is 2.14. The second-order valence-electron chi connectivity index (χ2n) is 5.85. The van der Waals surface area contributed by atoms with Crippen LogP contribution in [0.5, 0.6) is 0 Å². The number of thiophene rings is 1. The number of nitrogens with one attached hydrogen (secondary N) is 2. The Morgan fingerprint density at radius 2 is 2.00 bits per heavy atom. The molecule has 144 valence electrons. The molecule has 0 aliphatic rings. The number of halogens is 1. The number of hydrogen-bond donors (Lipinski definition) is 2. The van der Waals surface area contributed by atoms with Gasteiger partial charge in [-0.25, -0.2) is 0 Å². The molecule has 5 nitrogen and oxygen atoms in total. The fourth-order valence-electron chi connectivity index (χ4n) is 2.45. The van der Waals surface area contributed by atoms with Crippen molar-refractivity contribution in [3.8, 4) is 0 Å². The van der Waals surface area contributed by atoms with E-state index in [9.17, 15) is 4.79 Å². The number of carbonyl (C=O) groups excluding carboxylic acids is 1. The van der Waals surface area contributed by atoms with E-state index in [4.69, 9.17) is 0 Å². The number of guanidine groups is 1. The third-order valence-corrected chi connectivity index (χ3v) is 4.68. The molecule has 0 saturated carbocycles. The van der Waals surface area contributed by atoms with E-state index in [2.05, 4.69) is 40.1 Å². The average Bonchev–Trinajstić information content (AvgIpc) is 3.06. The largest absolute Gasteiger partial charge is 0.357 e. The molecule has 0 aromatic carbocycles. The van der Waals surface area contributed by atoms with Gasteiger partial charge >= 0.3 is 0 Å². The summed E-state index contributed by atoms with van der Waals surface area (Å²) < 4.78 is 0. The normalized spacial score (nSPS) is 12.2. The van der Waals surface area contributed by atoms with E-state index >= 15 is 0 Å². The second kappa shape index (κ2) is 14.4. The lowest BCUT2D eigenvalue weighted by molar-refractivity contribution is -0.130. The van der Waals surface area contributed by atoms with Crippen LogP contribution in [-0.4, -0.2) is 49.5 Å². The summed E-state index contributed by atoms with van der Waals surface area (Å²) >= 11 is 1.80. The summed E-state index contributed by atoms with van der Waals surface area (Å²) in [7, 11) is 0. The molecular weight excluding hydrogens is 447 g/mol. The molecule has 0 aliphatic heterocycles. The summed E-state index contributed by atoms with van der Waals surface area (Å²) in [6.45, 7) is 12.0. The van der Waals surface area contributed by atoms with Crippen LogP contribution in [-0.2, 0) is 11.2 Å². The lowest BCUT2D eigenvalue weighted by Gasteiger charge is -2.19. The number of nitrogens with zero attached hydrogens (tertiary/aromatic N) is 2. The van der Waals surface area contributed by atoms with Crippen molar-refractivity contribution in [3.63, 3.8) is 0 Å². The maximum atomic E-state index is 12.0. The van der Waals surface area contributed by atoms with Crippen LogP contribution in [0.15, 0.2) is 22.5 Å². The van der Waals surface area contributed by atoms with Crippen LogP contribution in [0.2, 0.25) is 0 Å². The predicted octanol–water partition coefficient (Wildman–Crippen LogP) is 3.36. The first-order chi connectivity index (χ1) is 11.6. The molecule has 0 aliphatic carbocycles. The van der Waals surface area contributed by atoms with Gasteiger partial charge in [-0.05, 0) is 44.6 Å². The van der Waals surface area contributed by atoms with E-state index < -0.39 is 0 Å². The Morgan fingerprint density at radius 3 is 2.56 bits per heavy atom. The fraction of sp³-hybridized carbons (Fsp3) is 0.667. The van der Waals surface area contributed by atoms with E-state index in [0.717, 1.165) is 38.6 Å². The van der Waals surface area contributed by atoms with Gasteiger partial charge in [0.05, 0.1) is 0 Å². The Bertz CT molecular complexity index is 489. The van der Waals surface area contributed by atoms with E-state index in [0.29, 0.717) is 18.9 Å². The second-order valence-corrected chi connectivity index (χ2v) is 6.88. The van der Waals surface area contributed by atoms with E-state index in [1.165, 1.54) is 4.88 Å². The van der Waals surface area contributed by atoms with Crippen molar-refractivity contribution >= 4 is 47.2 Å². The Kier molecular flexibility index (Phi) is 13.9. The van der Waals surface area contributed by atoms with Crippen LogP contribution < -0.4 is 10.6 Å². The molecule has 1 atom stereocenters. The Balaban J connectivity index is 0.00000576. The van der Waals surface area contributed by atoms with Gasteiger partial charge in [0, 0.05) is 44.0 Å². The molecule has 1 aromatic heterocycles. The van der Waals surface area contributed by atoms with Gasteiger partial charge in [-0.2, -0.15) is 0 Å². The summed E-state index contributed by atoms with van der Waals surface area (Å²) in [5.74, 6) is 1.48. The minimum atomic E-state index is 0. The van der Waals surface area contributed by atoms with Crippen LogP contribution in [0.3, 0.4) is 0 Å². The molecule has 0 saturated heterocycles. The minimum Gasteiger partial charge on any atom is -0.357 e. The summed E-state index contributed by atoms with van der Waals surface area (Å²) in [6, 6.07) is 4.27. The smallest absolute Gasteiger partial charge is 0.224 e. The third-order valence-electron chi connectivity index (χ3n) is 3.78. The van der Waals surface area contributed by atoms with Gasteiger partial charge in [0.2, 0.25) is 5.91 Å². The lowest BCUT2D eigenvalue weighted by atomic mass is 10.1. The zero-order valence-corrected chi connectivity index (χ0v) is 19.0. The van der Waals surface area contributed by atoms with Gasteiger partial charge < -0.3 is 15.5 Å². The molecule has 1 unspecified atom stereocenters. The van der Waals surface area contributed by atoms with Crippen molar-refractivity contribution in [2.75, 3.05) is 32.7 Å².